The molecule has 0 unspecified atom stereocenters. The Morgan fingerprint density at radius 3 is 2.62 bits per heavy atom. The normalized spacial score (nSPS) is 10.5. The molecule has 1 aromatic heterocycles. The predicted octanol–water partition coefficient (Wildman–Crippen LogP) is 4.42. The van der Waals surface area contributed by atoms with Gasteiger partial charge in [0.25, 0.3) is 11.8 Å². The summed E-state index contributed by atoms with van der Waals surface area (Å²) in [5, 5.41) is 1.20. The largest absolute Gasteiger partial charge is 0.494 e. The fourth-order valence-electron chi connectivity index (χ4n) is 2.35. The second-order valence-corrected chi connectivity index (χ2v) is 6.96. The molecule has 2 aromatic carbocycles. The first-order valence-electron chi connectivity index (χ1n) is 8.10. The van der Waals surface area contributed by atoms with Gasteiger partial charge in [-0.3, -0.25) is 20.4 Å². The summed E-state index contributed by atoms with van der Waals surface area (Å²) >= 11 is 7.55. The summed E-state index contributed by atoms with van der Waals surface area (Å²) < 4.78 is 6.42. The average molecular weight is 389 g/mol. The third-order valence-electron chi connectivity index (χ3n) is 3.60. The van der Waals surface area contributed by atoms with E-state index in [1.165, 1.54) is 11.3 Å². The molecule has 3 aromatic rings. The van der Waals surface area contributed by atoms with Crippen LogP contribution in [0.1, 0.15) is 33.4 Å². The Morgan fingerprint density at radius 2 is 1.85 bits per heavy atom. The van der Waals surface area contributed by atoms with Crippen LogP contribution in [-0.4, -0.2) is 18.4 Å². The van der Waals surface area contributed by atoms with Crippen molar-refractivity contribution in [3.8, 4) is 5.75 Å². The number of thiophene rings is 1. The van der Waals surface area contributed by atoms with Crippen molar-refractivity contribution in [2.45, 2.75) is 13.3 Å². The first-order valence-corrected chi connectivity index (χ1v) is 9.30. The number of carbonyl (C=O) groups is 2. The molecule has 0 bridgehead atoms. The Balaban J connectivity index is 1.67. The van der Waals surface area contributed by atoms with Crippen LogP contribution in [0.15, 0.2) is 48.5 Å². The van der Waals surface area contributed by atoms with Gasteiger partial charge in [-0.15, -0.1) is 11.3 Å². The number of nitrogens with one attached hydrogen (secondary N) is 2. The molecule has 1 heterocycles. The molecule has 0 atom stereocenters. The summed E-state index contributed by atoms with van der Waals surface area (Å²) in [6.07, 6.45) is 0.877. The number of fused-ring (bicyclic) bond motifs is 1. The molecule has 7 heteroatoms. The van der Waals surface area contributed by atoms with Crippen LogP contribution in [0.25, 0.3) is 10.1 Å². The summed E-state index contributed by atoms with van der Waals surface area (Å²) in [4.78, 5) is 25.0. The zero-order valence-corrected chi connectivity index (χ0v) is 15.6. The summed E-state index contributed by atoms with van der Waals surface area (Å²) in [6, 6.07) is 14.3. The lowest BCUT2D eigenvalue weighted by atomic mass is 10.2. The molecule has 0 radical (unpaired) electrons. The number of carbonyl (C=O) groups excluding carboxylic acids is 2. The Kier molecular flexibility index (Phi) is 5.75. The highest BCUT2D eigenvalue weighted by atomic mass is 35.5. The van der Waals surface area contributed by atoms with Crippen molar-refractivity contribution in [2.24, 2.45) is 0 Å². The van der Waals surface area contributed by atoms with Crippen LogP contribution in [0.2, 0.25) is 5.02 Å². The third kappa shape index (κ3) is 3.98. The van der Waals surface area contributed by atoms with Crippen molar-refractivity contribution in [1.82, 2.24) is 10.9 Å². The standard InChI is InChI=1S/C19H17ClN2O3S/c1-2-10-25-13-7-5-6-12(11-13)18(23)21-22-19(24)17-16(20)14-8-3-4-9-15(14)26-17/h3-9,11H,2,10H2,1H3,(H,21,23)(H,22,24). The molecule has 0 aliphatic rings. The van der Waals surface area contributed by atoms with Gasteiger partial charge in [0, 0.05) is 15.6 Å². The number of halogens is 1. The lowest BCUT2D eigenvalue weighted by molar-refractivity contribution is 0.0849. The Labute approximate surface area is 159 Å². The topological polar surface area (TPSA) is 67.4 Å². The summed E-state index contributed by atoms with van der Waals surface area (Å²) in [5.74, 6) is -0.279. The van der Waals surface area contributed by atoms with Gasteiger partial charge >= 0.3 is 0 Å². The maximum atomic E-state index is 12.4. The second-order valence-electron chi connectivity index (χ2n) is 5.53. The molecule has 0 saturated carbocycles. The van der Waals surface area contributed by atoms with Gasteiger partial charge in [-0.05, 0) is 30.7 Å². The van der Waals surface area contributed by atoms with E-state index < -0.39 is 11.8 Å². The molecule has 0 spiro atoms. The number of amides is 2. The first-order chi connectivity index (χ1) is 12.6. The molecule has 0 saturated heterocycles. The molecule has 0 aliphatic heterocycles. The Hall–Kier alpha value is -2.57. The summed E-state index contributed by atoms with van der Waals surface area (Å²) in [6.45, 7) is 2.58. The quantitative estimate of drug-likeness (QED) is 0.636. The van der Waals surface area contributed by atoms with E-state index in [2.05, 4.69) is 10.9 Å². The Bertz CT molecular complexity index is 955. The van der Waals surface area contributed by atoms with Gasteiger partial charge in [0.2, 0.25) is 0 Å². The van der Waals surface area contributed by atoms with E-state index in [1.807, 2.05) is 31.2 Å². The molecule has 2 amide bonds. The highest BCUT2D eigenvalue weighted by molar-refractivity contribution is 7.21. The number of hydrogen-bond acceptors (Lipinski definition) is 4. The van der Waals surface area contributed by atoms with Gasteiger partial charge in [-0.25, -0.2) is 0 Å². The minimum atomic E-state index is -0.456. The van der Waals surface area contributed by atoms with Crippen LogP contribution in [0.5, 0.6) is 5.75 Å². The lowest BCUT2D eigenvalue weighted by Crippen LogP contribution is -2.41. The average Bonchev–Trinajstić information content (AvgIpc) is 3.01. The molecule has 134 valence electrons. The smallest absolute Gasteiger partial charge is 0.281 e. The minimum Gasteiger partial charge on any atom is -0.494 e. The number of hydrogen-bond donors (Lipinski definition) is 2. The molecule has 0 fully saturated rings. The summed E-state index contributed by atoms with van der Waals surface area (Å²) in [7, 11) is 0. The van der Waals surface area contributed by atoms with Crippen LogP contribution in [0, 0.1) is 0 Å². The van der Waals surface area contributed by atoms with Crippen molar-refractivity contribution in [3.63, 3.8) is 0 Å². The van der Waals surface area contributed by atoms with Gasteiger partial charge in [0.1, 0.15) is 10.6 Å². The molecule has 3 rings (SSSR count). The van der Waals surface area contributed by atoms with E-state index in [0.29, 0.717) is 27.8 Å². The zero-order chi connectivity index (χ0) is 18.5. The maximum absolute atomic E-state index is 12.4. The monoisotopic (exact) mass is 388 g/mol. The lowest BCUT2D eigenvalue weighted by Gasteiger charge is -2.09. The van der Waals surface area contributed by atoms with Crippen molar-refractivity contribution >= 4 is 44.8 Å². The number of benzene rings is 2. The number of ether oxygens (including phenoxy) is 1. The maximum Gasteiger partial charge on any atom is 0.281 e. The Morgan fingerprint density at radius 1 is 1.08 bits per heavy atom. The van der Waals surface area contributed by atoms with Gasteiger partial charge in [-0.2, -0.15) is 0 Å². The van der Waals surface area contributed by atoms with E-state index in [1.54, 1.807) is 24.3 Å². The first kappa shape index (κ1) is 18.2. The van der Waals surface area contributed by atoms with Crippen molar-refractivity contribution in [1.29, 1.82) is 0 Å². The van der Waals surface area contributed by atoms with E-state index in [4.69, 9.17) is 16.3 Å². The molecule has 26 heavy (non-hydrogen) atoms. The van der Waals surface area contributed by atoms with Crippen LogP contribution < -0.4 is 15.6 Å². The molecule has 2 N–H and O–H groups in total. The molecular formula is C19H17ClN2O3S. The van der Waals surface area contributed by atoms with E-state index in [0.717, 1.165) is 16.5 Å². The van der Waals surface area contributed by atoms with Crippen molar-refractivity contribution in [2.75, 3.05) is 6.61 Å². The van der Waals surface area contributed by atoms with Gasteiger partial charge in [-0.1, -0.05) is 42.8 Å². The SMILES string of the molecule is CCCOc1cccc(C(=O)NNC(=O)c2sc3ccccc3c2Cl)c1. The fourth-order valence-corrected chi connectivity index (χ4v) is 3.76. The second kappa shape index (κ2) is 8.21. The summed E-state index contributed by atoms with van der Waals surface area (Å²) in [5.41, 5.74) is 5.20. The molecule has 0 aliphatic carbocycles. The van der Waals surface area contributed by atoms with Crippen LogP contribution in [0.4, 0.5) is 0 Å². The number of rotatable bonds is 5. The van der Waals surface area contributed by atoms with E-state index >= 15 is 0 Å². The highest BCUT2D eigenvalue weighted by Gasteiger charge is 2.17. The fraction of sp³-hybridized carbons (Fsp3) is 0.158. The van der Waals surface area contributed by atoms with Gasteiger partial charge in [0.05, 0.1) is 11.6 Å². The number of hydrazine groups is 1. The van der Waals surface area contributed by atoms with Crippen molar-refractivity contribution < 1.29 is 14.3 Å². The van der Waals surface area contributed by atoms with Gasteiger partial charge < -0.3 is 4.74 Å². The molecular weight excluding hydrogens is 372 g/mol. The van der Waals surface area contributed by atoms with Gasteiger partial charge in [0.15, 0.2) is 0 Å². The van der Waals surface area contributed by atoms with Crippen LogP contribution in [-0.2, 0) is 0 Å². The highest BCUT2D eigenvalue weighted by Crippen LogP contribution is 2.34. The van der Waals surface area contributed by atoms with Crippen LogP contribution >= 0.6 is 22.9 Å². The van der Waals surface area contributed by atoms with Crippen molar-refractivity contribution in [3.05, 3.63) is 64.0 Å². The van der Waals surface area contributed by atoms with E-state index in [-0.39, 0.29) is 0 Å². The predicted molar refractivity (Wildman–Crippen MR) is 104 cm³/mol. The minimum absolute atomic E-state index is 0.355. The van der Waals surface area contributed by atoms with E-state index in [9.17, 15) is 9.59 Å². The zero-order valence-electron chi connectivity index (χ0n) is 14.0. The molecule has 5 nitrogen and oxygen atoms in total. The third-order valence-corrected chi connectivity index (χ3v) is 5.27. The van der Waals surface area contributed by atoms with Crippen LogP contribution in [0.3, 0.4) is 0 Å².